The molecule has 1 aliphatic rings. The zero-order valence-electron chi connectivity index (χ0n) is 12.7. The summed E-state index contributed by atoms with van der Waals surface area (Å²) < 4.78 is 0. The molecule has 1 aliphatic heterocycles. The summed E-state index contributed by atoms with van der Waals surface area (Å²) in [5.41, 5.74) is 7.27. The molecule has 1 saturated heterocycles. The highest BCUT2D eigenvalue weighted by Gasteiger charge is 2.23. The highest BCUT2D eigenvalue weighted by Crippen LogP contribution is 2.28. The van der Waals surface area contributed by atoms with Gasteiger partial charge >= 0.3 is 0 Å². The fraction of sp³-hybridized carbons (Fsp3) is 0.444. The van der Waals surface area contributed by atoms with Gasteiger partial charge in [-0.1, -0.05) is 36.4 Å². The first kappa shape index (κ1) is 16.3. The summed E-state index contributed by atoms with van der Waals surface area (Å²) in [6.45, 7) is 5.49. The van der Waals surface area contributed by atoms with Crippen LogP contribution in [0.2, 0.25) is 0 Å². The standard InChI is InChI=1S/C18H24N2.ClH/c1-14(20-10-4-5-15(12-19)13-20)17-9-8-16-6-2-3-7-18(16)11-17;/h2-3,6-9,11,14-15H,4-5,10,12-13,19H2,1H3;1H. The normalized spacial score (nSPS) is 21.0. The number of hydrogen-bond donors (Lipinski definition) is 1. The van der Waals surface area contributed by atoms with Crippen LogP contribution in [0.4, 0.5) is 0 Å². The molecule has 2 aromatic carbocycles. The number of fused-ring (bicyclic) bond motifs is 1. The largest absolute Gasteiger partial charge is 0.330 e. The van der Waals surface area contributed by atoms with Gasteiger partial charge in [-0.3, -0.25) is 4.90 Å². The molecular formula is C18H25ClN2. The second kappa shape index (κ2) is 7.26. The van der Waals surface area contributed by atoms with Crippen molar-refractivity contribution in [2.45, 2.75) is 25.8 Å². The number of piperidine rings is 1. The summed E-state index contributed by atoms with van der Waals surface area (Å²) in [6, 6.07) is 15.9. The van der Waals surface area contributed by atoms with Crippen molar-refractivity contribution < 1.29 is 0 Å². The molecule has 0 aromatic heterocycles. The first-order chi connectivity index (χ1) is 9.78. The molecule has 0 bridgehead atoms. The topological polar surface area (TPSA) is 29.3 Å². The molecule has 3 heteroatoms. The highest BCUT2D eigenvalue weighted by molar-refractivity contribution is 5.85. The van der Waals surface area contributed by atoms with Crippen molar-refractivity contribution in [2.24, 2.45) is 11.7 Å². The van der Waals surface area contributed by atoms with Crippen LogP contribution < -0.4 is 5.73 Å². The fourth-order valence-electron chi connectivity index (χ4n) is 3.32. The third kappa shape index (κ3) is 3.57. The summed E-state index contributed by atoms with van der Waals surface area (Å²) in [5, 5.41) is 2.66. The molecule has 2 atom stereocenters. The predicted octanol–water partition coefficient (Wildman–Crippen LogP) is 3.99. The Morgan fingerprint density at radius 3 is 2.71 bits per heavy atom. The molecule has 114 valence electrons. The van der Waals surface area contributed by atoms with Gasteiger partial charge in [-0.15, -0.1) is 12.4 Å². The SMILES string of the molecule is CC(c1ccc2ccccc2c1)N1CCCC(CN)C1.Cl. The molecular weight excluding hydrogens is 280 g/mol. The van der Waals surface area contributed by atoms with Crippen LogP contribution in [-0.2, 0) is 0 Å². The number of nitrogens with two attached hydrogens (primary N) is 1. The van der Waals surface area contributed by atoms with Gasteiger partial charge in [-0.2, -0.15) is 0 Å². The van der Waals surface area contributed by atoms with Gasteiger partial charge in [-0.25, -0.2) is 0 Å². The number of likely N-dealkylation sites (tertiary alicyclic amines) is 1. The van der Waals surface area contributed by atoms with Crippen LogP contribution in [0.1, 0.15) is 31.4 Å². The lowest BCUT2D eigenvalue weighted by atomic mass is 9.94. The van der Waals surface area contributed by atoms with Gasteiger partial charge in [-0.05, 0) is 61.2 Å². The third-order valence-electron chi connectivity index (χ3n) is 4.69. The summed E-state index contributed by atoms with van der Waals surface area (Å²) in [7, 11) is 0. The van der Waals surface area contributed by atoms with E-state index in [0.717, 1.165) is 13.1 Å². The Labute approximate surface area is 133 Å². The van der Waals surface area contributed by atoms with Crippen molar-refractivity contribution in [2.75, 3.05) is 19.6 Å². The molecule has 1 heterocycles. The van der Waals surface area contributed by atoms with Crippen molar-refractivity contribution in [3.63, 3.8) is 0 Å². The lowest BCUT2D eigenvalue weighted by Crippen LogP contribution is -2.39. The van der Waals surface area contributed by atoms with E-state index in [4.69, 9.17) is 5.73 Å². The molecule has 0 saturated carbocycles. The molecule has 0 aliphatic carbocycles. The Bertz CT molecular complexity index is 584. The molecule has 0 amide bonds. The monoisotopic (exact) mass is 304 g/mol. The van der Waals surface area contributed by atoms with Crippen molar-refractivity contribution >= 4 is 23.2 Å². The number of hydrogen-bond acceptors (Lipinski definition) is 2. The van der Waals surface area contributed by atoms with Gasteiger partial charge in [0, 0.05) is 12.6 Å². The molecule has 2 unspecified atom stereocenters. The number of benzene rings is 2. The van der Waals surface area contributed by atoms with E-state index in [1.165, 1.54) is 35.7 Å². The lowest BCUT2D eigenvalue weighted by molar-refractivity contribution is 0.134. The Morgan fingerprint density at radius 1 is 1.19 bits per heavy atom. The van der Waals surface area contributed by atoms with E-state index < -0.39 is 0 Å². The first-order valence-electron chi connectivity index (χ1n) is 7.71. The molecule has 3 rings (SSSR count). The quantitative estimate of drug-likeness (QED) is 0.929. The first-order valence-corrected chi connectivity index (χ1v) is 7.71. The van der Waals surface area contributed by atoms with Crippen LogP contribution in [0.5, 0.6) is 0 Å². The average Bonchev–Trinajstić information content (AvgIpc) is 2.53. The zero-order chi connectivity index (χ0) is 13.9. The van der Waals surface area contributed by atoms with Crippen LogP contribution in [0.3, 0.4) is 0 Å². The summed E-state index contributed by atoms with van der Waals surface area (Å²) in [4.78, 5) is 2.59. The van der Waals surface area contributed by atoms with Crippen molar-refractivity contribution in [1.82, 2.24) is 4.90 Å². The summed E-state index contributed by atoms with van der Waals surface area (Å²) in [5.74, 6) is 0.673. The Balaban J connectivity index is 0.00000161. The van der Waals surface area contributed by atoms with E-state index in [-0.39, 0.29) is 12.4 Å². The molecule has 0 radical (unpaired) electrons. The van der Waals surface area contributed by atoms with Crippen molar-refractivity contribution in [3.8, 4) is 0 Å². The number of nitrogens with zero attached hydrogens (tertiary/aromatic N) is 1. The number of halogens is 1. The maximum Gasteiger partial charge on any atom is 0.0320 e. The van der Waals surface area contributed by atoms with Gasteiger partial charge < -0.3 is 5.73 Å². The van der Waals surface area contributed by atoms with Crippen molar-refractivity contribution in [3.05, 3.63) is 48.0 Å². The van der Waals surface area contributed by atoms with E-state index in [2.05, 4.69) is 54.3 Å². The van der Waals surface area contributed by atoms with Gasteiger partial charge in [0.05, 0.1) is 0 Å². The summed E-state index contributed by atoms with van der Waals surface area (Å²) in [6.07, 6.45) is 2.57. The van der Waals surface area contributed by atoms with Crippen LogP contribution >= 0.6 is 12.4 Å². The molecule has 21 heavy (non-hydrogen) atoms. The van der Waals surface area contributed by atoms with E-state index in [9.17, 15) is 0 Å². The second-order valence-electron chi connectivity index (χ2n) is 6.02. The van der Waals surface area contributed by atoms with E-state index in [0.29, 0.717) is 12.0 Å². The Kier molecular flexibility index (Phi) is 5.63. The highest BCUT2D eigenvalue weighted by atomic mass is 35.5. The Morgan fingerprint density at radius 2 is 1.95 bits per heavy atom. The molecule has 1 fully saturated rings. The minimum atomic E-state index is 0. The van der Waals surface area contributed by atoms with Crippen LogP contribution in [0.15, 0.2) is 42.5 Å². The third-order valence-corrected chi connectivity index (χ3v) is 4.69. The minimum absolute atomic E-state index is 0. The molecule has 0 spiro atoms. The van der Waals surface area contributed by atoms with Gasteiger partial charge in [0.25, 0.3) is 0 Å². The van der Waals surface area contributed by atoms with Crippen molar-refractivity contribution in [1.29, 1.82) is 0 Å². The van der Waals surface area contributed by atoms with Crippen LogP contribution in [0.25, 0.3) is 10.8 Å². The van der Waals surface area contributed by atoms with E-state index >= 15 is 0 Å². The van der Waals surface area contributed by atoms with E-state index in [1.807, 2.05) is 0 Å². The van der Waals surface area contributed by atoms with Gasteiger partial charge in [0.2, 0.25) is 0 Å². The smallest absolute Gasteiger partial charge is 0.0320 e. The minimum Gasteiger partial charge on any atom is -0.330 e. The van der Waals surface area contributed by atoms with E-state index in [1.54, 1.807) is 0 Å². The fourth-order valence-corrected chi connectivity index (χ4v) is 3.32. The molecule has 2 N–H and O–H groups in total. The van der Waals surface area contributed by atoms with Gasteiger partial charge in [0.15, 0.2) is 0 Å². The Hall–Kier alpha value is -1.09. The lowest BCUT2D eigenvalue weighted by Gasteiger charge is -2.36. The maximum absolute atomic E-state index is 5.85. The molecule has 2 nitrogen and oxygen atoms in total. The van der Waals surface area contributed by atoms with Gasteiger partial charge in [0.1, 0.15) is 0 Å². The number of rotatable bonds is 3. The van der Waals surface area contributed by atoms with Crippen LogP contribution in [-0.4, -0.2) is 24.5 Å². The molecule has 2 aromatic rings. The maximum atomic E-state index is 5.85. The summed E-state index contributed by atoms with van der Waals surface area (Å²) >= 11 is 0. The second-order valence-corrected chi connectivity index (χ2v) is 6.02. The van der Waals surface area contributed by atoms with Crippen LogP contribution in [0, 0.1) is 5.92 Å². The predicted molar refractivity (Wildman–Crippen MR) is 93.0 cm³/mol. The average molecular weight is 305 g/mol. The zero-order valence-corrected chi connectivity index (χ0v) is 13.5.